The SMILES string of the molecule is Cc1sc2nc(SCc3csc(Cc4ccccc4)n3)n(C)c(=O)c2c1C. The summed E-state index contributed by atoms with van der Waals surface area (Å²) >= 11 is 4.84. The molecule has 0 aliphatic rings. The molecule has 0 amide bonds. The average Bonchev–Trinajstić information content (AvgIpc) is 3.22. The highest BCUT2D eigenvalue weighted by molar-refractivity contribution is 7.98. The van der Waals surface area contributed by atoms with E-state index in [1.165, 1.54) is 5.56 Å². The van der Waals surface area contributed by atoms with Crippen LogP contribution in [0.2, 0.25) is 0 Å². The van der Waals surface area contributed by atoms with Gasteiger partial charge in [-0.05, 0) is 25.0 Å². The Morgan fingerprint density at radius 1 is 1.15 bits per heavy atom. The van der Waals surface area contributed by atoms with Gasteiger partial charge in [-0.15, -0.1) is 22.7 Å². The number of thiophene rings is 1. The number of aromatic nitrogens is 3. The Balaban J connectivity index is 1.52. The molecule has 0 saturated carbocycles. The lowest BCUT2D eigenvalue weighted by Crippen LogP contribution is -2.19. The van der Waals surface area contributed by atoms with Crippen LogP contribution in [0.3, 0.4) is 0 Å². The van der Waals surface area contributed by atoms with E-state index in [0.717, 1.165) is 42.9 Å². The first-order valence-electron chi connectivity index (χ1n) is 8.59. The van der Waals surface area contributed by atoms with Gasteiger partial charge in [-0.2, -0.15) is 0 Å². The first-order chi connectivity index (χ1) is 13.0. The molecule has 0 spiro atoms. The Morgan fingerprint density at radius 3 is 2.70 bits per heavy atom. The maximum absolute atomic E-state index is 12.7. The van der Waals surface area contributed by atoms with Crippen LogP contribution >= 0.6 is 34.4 Å². The fourth-order valence-corrected chi connectivity index (χ4v) is 5.76. The molecule has 0 radical (unpaired) electrons. The third-order valence-electron chi connectivity index (χ3n) is 4.52. The summed E-state index contributed by atoms with van der Waals surface area (Å²) in [7, 11) is 1.80. The maximum atomic E-state index is 12.7. The lowest BCUT2D eigenvalue weighted by Gasteiger charge is -2.06. The van der Waals surface area contributed by atoms with Crippen molar-refractivity contribution >= 4 is 44.7 Å². The second kappa shape index (κ2) is 7.58. The van der Waals surface area contributed by atoms with Crippen molar-refractivity contribution < 1.29 is 0 Å². The van der Waals surface area contributed by atoms with Crippen LogP contribution in [0.4, 0.5) is 0 Å². The van der Waals surface area contributed by atoms with Gasteiger partial charge in [-0.25, -0.2) is 9.97 Å². The second-order valence-corrected chi connectivity index (χ2v) is 9.49. The van der Waals surface area contributed by atoms with E-state index in [1.54, 1.807) is 46.1 Å². The minimum atomic E-state index is 0.0346. The fraction of sp³-hybridized carbons (Fsp3) is 0.250. The molecule has 27 heavy (non-hydrogen) atoms. The van der Waals surface area contributed by atoms with Gasteiger partial charge in [0.15, 0.2) is 5.16 Å². The first-order valence-corrected chi connectivity index (χ1v) is 11.3. The maximum Gasteiger partial charge on any atom is 0.262 e. The molecule has 0 aliphatic carbocycles. The first kappa shape index (κ1) is 18.4. The van der Waals surface area contributed by atoms with Gasteiger partial charge in [-0.3, -0.25) is 9.36 Å². The van der Waals surface area contributed by atoms with Crippen LogP contribution in [-0.4, -0.2) is 14.5 Å². The molecule has 3 aromatic heterocycles. The molecule has 0 saturated heterocycles. The molecule has 3 heterocycles. The highest BCUT2D eigenvalue weighted by atomic mass is 32.2. The molecule has 0 unspecified atom stereocenters. The smallest absolute Gasteiger partial charge is 0.262 e. The Bertz CT molecular complexity index is 1160. The standard InChI is InChI=1S/C20H19N3OS3/c1-12-13(2)27-18-17(12)19(24)23(3)20(22-18)26-11-15-10-25-16(21-15)9-14-7-5-4-6-8-14/h4-8,10H,9,11H2,1-3H3. The van der Waals surface area contributed by atoms with Crippen molar-refractivity contribution in [3.8, 4) is 0 Å². The summed E-state index contributed by atoms with van der Waals surface area (Å²) in [6.07, 6.45) is 0.854. The van der Waals surface area contributed by atoms with E-state index in [9.17, 15) is 4.79 Å². The third-order valence-corrected chi connectivity index (χ3v) is 7.58. The highest BCUT2D eigenvalue weighted by Gasteiger charge is 2.15. The monoisotopic (exact) mass is 413 g/mol. The van der Waals surface area contributed by atoms with Gasteiger partial charge in [0.2, 0.25) is 0 Å². The number of fused-ring (bicyclic) bond motifs is 1. The Morgan fingerprint density at radius 2 is 1.93 bits per heavy atom. The van der Waals surface area contributed by atoms with Crippen LogP contribution in [0.25, 0.3) is 10.2 Å². The summed E-state index contributed by atoms with van der Waals surface area (Å²) in [4.78, 5) is 24.2. The number of benzene rings is 1. The van der Waals surface area contributed by atoms with Gasteiger partial charge in [0.05, 0.1) is 16.1 Å². The molecule has 7 heteroatoms. The number of thiazole rings is 1. The summed E-state index contributed by atoms with van der Waals surface area (Å²) in [6.45, 7) is 4.03. The molecular formula is C20H19N3OS3. The van der Waals surface area contributed by atoms with Crippen LogP contribution in [0.5, 0.6) is 0 Å². The van der Waals surface area contributed by atoms with Crippen molar-refractivity contribution in [1.29, 1.82) is 0 Å². The number of hydrogen-bond acceptors (Lipinski definition) is 6. The van der Waals surface area contributed by atoms with E-state index >= 15 is 0 Å². The molecule has 0 N–H and O–H groups in total. The van der Waals surface area contributed by atoms with Crippen molar-refractivity contribution in [1.82, 2.24) is 14.5 Å². The van der Waals surface area contributed by atoms with Crippen molar-refractivity contribution in [3.63, 3.8) is 0 Å². The van der Waals surface area contributed by atoms with Crippen LogP contribution < -0.4 is 5.56 Å². The van der Waals surface area contributed by atoms with Gasteiger partial charge in [-0.1, -0.05) is 42.1 Å². The van der Waals surface area contributed by atoms with E-state index in [2.05, 4.69) is 29.6 Å². The molecule has 1 aromatic carbocycles. The minimum absolute atomic E-state index is 0.0346. The molecule has 0 atom stereocenters. The highest BCUT2D eigenvalue weighted by Crippen LogP contribution is 2.29. The molecule has 4 nitrogen and oxygen atoms in total. The predicted octanol–water partition coefficient (Wildman–Crippen LogP) is 4.95. The van der Waals surface area contributed by atoms with Crippen LogP contribution in [-0.2, 0) is 19.2 Å². The van der Waals surface area contributed by atoms with Gasteiger partial charge < -0.3 is 0 Å². The lowest BCUT2D eigenvalue weighted by atomic mass is 10.2. The van der Waals surface area contributed by atoms with Crippen molar-refractivity contribution in [2.45, 2.75) is 31.2 Å². The summed E-state index contributed by atoms with van der Waals surface area (Å²) in [5, 5.41) is 4.70. The van der Waals surface area contributed by atoms with E-state index in [1.807, 2.05) is 19.9 Å². The van der Waals surface area contributed by atoms with Gasteiger partial charge in [0.25, 0.3) is 5.56 Å². The summed E-state index contributed by atoms with van der Waals surface area (Å²) in [6, 6.07) is 10.4. The average molecular weight is 414 g/mol. The Hall–Kier alpha value is -1.96. The molecule has 4 rings (SSSR count). The van der Waals surface area contributed by atoms with Gasteiger partial charge in [0, 0.05) is 29.5 Å². The topological polar surface area (TPSA) is 47.8 Å². The normalized spacial score (nSPS) is 11.4. The van der Waals surface area contributed by atoms with E-state index in [4.69, 9.17) is 9.97 Å². The largest absolute Gasteiger partial charge is 0.290 e. The zero-order valence-electron chi connectivity index (χ0n) is 15.4. The Labute approximate surface area is 169 Å². The number of nitrogens with zero attached hydrogens (tertiary/aromatic N) is 3. The fourth-order valence-electron chi connectivity index (χ4n) is 2.89. The third kappa shape index (κ3) is 3.72. The number of hydrogen-bond donors (Lipinski definition) is 0. The molecule has 0 bridgehead atoms. The van der Waals surface area contributed by atoms with E-state index < -0.39 is 0 Å². The number of rotatable bonds is 5. The number of thioether (sulfide) groups is 1. The van der Waals surface area contributed by atoms with Gasteiger partial charge >= 0.3 is 0 Å². The van der Waals surface area contributed by atoms with Crippen LogP contribution in [0.1, 0.15) is 26.7 Å². The van der Waals surface area contributed by atoms with Crippen molar-refractivity contribution in [3.05, 3.63) is 72.8 Å². The summed E-state index contributed by atoms with van der Waals surface area (Å²) in [5.41, 5.74) is 3.38. The molecule has 4 aromatic rings. The van der Waals surface area contributed by atoms with Crippen molar-refractivity contribution in [2.75, 3.05) is 0 Å². The number of aryl methyl sites for hydroxylation is 2. The van der Waals surface area contributed by atoms with E-state index in [-0.39, 0.29) is 5.56 Å². The molecular weight excluding hydrogens is 394 g/mol. The van der Waals surface area contributed by atoms with Gasteiger partial charge in [0.1, 0.15) is 4.83 Å². The van der Waals surface area contributed by atoms with E-state index in [0.29, 0.717) is 5.75 Å². The Kier molecular flexibility index (Phi) is 5.16. The predicted molar refractivity (Wildman–Crippen MR) is 115 cm³/mol. The van der Waals surface area contributed by atoms with Crippen molar-refractivity contribution in [2.24, 2.45) is 7.05 Å². The van der Waals surface area contributed by atoms with Crippen LogP contribution in [0.15, 0.2) is 45.7 Å². The molecule has 0 fully saturated rings. The minimum Gasteiger partial charge on any atom is -0.290 e. The zero-order chi connectivity index (χ0) is 19.0. The quantitative estimate of drug-likeness (QED) is 0.343. The molecule has 138 valence electrons. The molecule has 0 aliphatic heterocycles. The van der Waals surface area contributed by atoms with Crippen LogP contribution in [0, 0.1) is 13.8 Å². The second-order valence-electron chi connectivity index (χ2n) is 6.41. The lowest BCUT2D eigenvalue weighted by molar-refractivity contribution is 0.727. The summed E-state index contributed by atoms with van der Waals surface area (Å²) < 4.78 is 1.66. The zero-order valence-corrected chi connectivity index (χ0v) is 17.8. The summed E-state index contributed by atoms with van der Waals surface area (Å²) in [5.74, 6) is 0.709.